The van der Waals surface area contributed by atoms with Crippen LogP contribution in [0.5, 0.6) is 0 Å². The van der Waals surface area contributed by atoms with Crippen LogP contribution >= 0.6 is 23.4 Å². The van der Waals surface area contributed by atoms with Crippen LogP contribution in [-0.2, 0) is 17.6 Å². The number of thioether (sulfide) groups is 1. The fraction of sp³-hybridized carbons (Fsp3) is 0.533. The molecule has 0 bridgehead atoms. The maximum Gasteiger partial charge on any atom is 0.303 e. The first-order valence-corrected chi connectivity index (χ1v) is 8.40. The molecule has 1 aliphatic heterocycles. The standard InChI is InChI=1S/C15H20ClNO2S/c16-13-5-4-11-6-8-17-9-7-12(11)15(13)20-10-2-1-3-14(18)19/h4-5,17H,1-3,6-10H2,(H,18,19). The van der Waals surface area contributed by atoms with Crippen molar-refractivity contribution in [3.8, 4) is 0 Å². The molecule has 1 heterocycles. The molecule has 0 unspecified atom stereocenters. The van der Waals surface area contributed by atoms with Crippen LogP contribution in [0.4, 0.5) is 0 Å². The molecule has 0 amide bonds. The number of rotatable bonds is 6. The van der Waals surface area contributed by atoms with E-state index in [-0.39, 0.29) is 6.42 Å². The number of fused-ring (bicyclic) bond motifs is 1. The lowest BCUT2D eigenvalue weighted by Gasteiger charge is -2.13. The van der Waals surface area contributed by atoms with Crippen LogP contribution in [0.15, 0.2) is 17.0 Å². The fourth-order valence-corrected chi connectivity index (χ4v) is 3.92. The second kappa shape index (κ2) is 7.91. The van der Waals surface area contributed by atoms with Gasteiger partial charge in [0.05, 0.1) is 5.02 Å². The zero-order valence-corrected chi connectivity index (χ0v) is 13.0. The molecule has 3 nitrogen and oxygen atoms in total. The molecule has 110 valence electrons. The summed E-state index contributed by atoms with van der Waals surface area (Å²) in [6.45, 7) is 2.03. The minimum absolute atomic E-state index is 0.255. The van der Waals surface area contributed by atoms with E-state index in [1.807, 2.05) is 6.07 Å². The van der Waals surface area contributed by atoms with E-state index in [0.717, 1.165) is 49.5 Å². The lowest BCUT2D eigenvalue weighted by atomic mass is 10.0. The van der Waals surface area contributed by atoms with Gasteiger partial charge in [0.25, 0.3) is 0 Å². The number of aliphatic carboxylic acids is 1. The highest BCUT2D eigenvalue weighted by Gasteiger charge is 2.14. The van der Waals surface area contributed by atoms with Crippen molar-refractivity contribution < 1.29 is 9.90 Å². The number of carboxylic acid groups (broad SMARTS) is 1. The number of nitrogens with one attached hydrogen (secondary N) is 1. The summed E-state index contributed by atoms with van der Waals surface area (Å²) in [5.74, 6) is 0.212. The van der Waals surface area contributed by atoms with E-state index in [0.29, 0.717) is 0 Å². The molecule has 0 atom stereocenters. The Bertz CT molecular complexity index is 479. The molecule has 0 radical (unpaired) electrons. The van der Waals surface area contributed by atoms with Crippen molar-refractivity contribution in [1.29, 1.82) is 0 Å². The minimum Gasteiger partial charge on any atom is -0.481 e. The Morgan fingerprint density at radius 3 is 2.90 bits per heavy atom. The van der Waals surface area contributed by atoms with Gasteiger partial charge < -0.3 is 10.4 Å². The lowest BCUT2D eigenvalue weighted by molar-refractivity contribution is -0.137. The minimum atomic E-state index is -0.715. The zero-order chi connectivity index (χ0) is 14.4. The summed E-state index contributed by atoms with van der Waals surface area (Å²) in [6.07, 6.45) is 3.98. The van der Waals surface area contributed by atoms with Crippen molar-refractivity contribution in [3.63, 3.8) is 0 Å². The fourth-order valence-electron chi connectivity index (χ4n) is 2.42. The van der Waals surface area contributed by atoms with Gasteiger partial charge >= 0.3 is 5.97 Å². The second-order valence-corrected chi connectivity index (χ2v) is 6.48. The normalized spacial score (nSPS) is 14.7. The molecule has 0 fully saturated rings. The van der Waals surface area contributed by atoms with Gasteiger partial charge in [-0.3, -0.25) is 4.79 Å². The third kappa shape index (κ3) is 4.40. The average molecular weight is 314 g/mol. The molecular weight excluding hydrogens is 294 g/mol. The Balaban J connectivity index is 1.98. The first kappa shape index (κ1) is 15.7. The van der Waals surface area contributed by atoms with Crippen LogP contribution in [0.1, 0.15) is 30.4 Å². The number of carbonyl (C=O) groups is 1. The van der Waals surface area contributed by atoms with E-state index < -0.39 is 5.97 Å². The Morgan fingerprint density at radius 1 is 1.30 bits per heavy atom. The van der Waals surface area contributed by atoms with Crippen LogP contribution < -0.4 is 5.32 Å². The van der Waals surface area contributed by atoms with Gasteiger partial charge in [0.15, 0.2) is 0 Å². The topological polar surface area (TPSA) is 49.3 Å². The van der Waals surface area contributed by atoms with Gasteiger partial charge in [-0.25, -0.2) is 0 Å². The predicted molar refractivity (Wildman–Crippen MR) is 83.9 cm³/mol. The van der Waals surface area contributed by atoms with Crippen molar-refractivity contribution in [2.75, 3.05) is 18.8 Å². The third-order valence-electron chi connectivity index (χ3n) is 3.46. The molecule has 1 aromatic carbocycles. The van der Waals surface area contributed by atoms with Crippen molar-refractivity contribution in [2.24, 2.45) is 0 Å². The van der Waals surface area contributed by atoms with Crippen LogP contribution in [0.25, 0.3) is 0 Å². The second-order valence-electron chi connectivity index (χ2n) is 4.96. The molecular formula is C15H20ClNO2S. The third-order valence-corrected chi connectivity index (χ3v) is 5.14. The summed E-state index contributed by atoms with van der Waals surface area (Å²) in [7, 11) is 0. The van der Waals surface area contributed by atoms with Gasteiger partial charge in [-0.15, -0.1) is 11.8 Å². The Kier molecular flexibility index (Phi) is 6.20. The van der Waals surface area contributed by atoms with Gasteiger partial charge in [-0.1, -0.05) is 17.7 Å². The van der Waals surface area contributed by atoms with Crippen molar-refractivity contribution >= 4 is 29.3 Å². The van der Waals surface area contributed by atoms with E-state index in [1.165, 1.54) is 16.0 Å². The predicted octanol–water partition coefficient (Wildman–Crippen LogP) is 3.38. The van der Waals surface area contributed by atoms with Gasteiger partial charge in [0.1, 0.15) is 0 Å². The van der Waals surface area contributed by atoms with Gasteiger partial charge in [-0.2, -0.15) is 0 Å². The van der Waals surface area contributed by atoms with E-state index in [4.69, 9.17) is 16.7 Å². The number of unbranched alkanes of at least 4 members (excludes halogenated alkanes) is 1. The Hall–Kier alpha value is -0.710. The summed E-state index contributed by atoms with van der Waals surface area (Å²) < 4.78 is 0. The molecule has 20 heavy (non-hydrogen) atoms. The van der Waals surface area contributed by atoms with Crippen molar-refractivity contribution in [2.45, 2.75) is 37.0 Å². The number of benzene rings is 1. The maximum absolute atomic E-state index is 10.5. The molecule has 0 aliphatic carbocycles. The van der Waals surface area contributed by atoms with E-state index in [9.17, 15) is 4.79 Å². The molecule has 2 rings (SSSR count). The molecule has 2 N–H and O–H groups in total. The average Bonchev–Trinajstić information content (AvgIpc) is 2.65. The summed E-state index contributed by atoms with van der Waals surface area (Å²) in [6, 6.07) is 4.13. The number of hydrogen-bond donors (Lipinski definition) is 2. The van der Waals surface area contributed by atoms with E-state index in [2.05, 4.69) is 11.4 Å². The van der Waals surface area contributed by atoms with E-state index in [1.54, 1.807) is 11.8 Å². The number of halogens is 1. The summed E-state index contributed by atoms with van der Waals surface area (Å²) >= 11 is 8.11. The summed E-state index contributed by atoms with van der Waals surface area (Å²) in [5.41, 5.74) is 2.78. The van der Waals surface area contributed by atoms with Crippen molar-refractivity contribution in [1.82, 2.24) is 5.32 Å². The first-order chi connectivity index (χ1) is 9.68. The molecule has 5 heteroatoms. The Labute approximate surface area is 129 Å². The molecule has 0 spiro atoms. The monoisotopic (exact) mass is 313 g/mol. The number of carboxylic acids is 1. The molecule has 0 aromatic heterocycles. The Morgan fingerprint density at radius 2 is 2.10 bits per heavy atom. The largest absolute Gasteiger partial charge is 0.481 e. The molecule has 1 aliphatic rings. The summed E-state index contributed by atoms with van der Waals surface area (Å²) in [4.78, 5) is 11.7. The van der Waals surface area contributed by atoms with Crippen LogP contribution in [0.3, 0.4) is 0 Å². The van der Waals surface area contributed by atoms with Gasteiger partial charge in [-0.05, 0) is 61.7 Å². The summed E-state index contributed by atoms with van der Waals surface area (Å²) in [5, 5.41) is 12.9. The zero-order valence-electron chi connectivity index (χ0n) is 11.5. The molecule has 0 saturated carbocycles. The lowest BCUT2D eigenvalue weighted by Crippen LogP contribution is -2.16. The van der Waals surface area contributed by atoms with Crippen LogP contribution in [0.2, 0.25) is 5.02 Å². The SMILES string of the molecule is O=C(O)CCCCSc1c(Cl)ccc2c1CCNCC2. The van der Waals surface area contributed by atoms with Crippen molar-refractivity contribution in [3.05, 3.63) is 28.3 Å². The quantitative estimate of drug-likeness (QED) is 0.624. The highest BCUT2D eigenvalue weighted by atomic mass is 35.5. The van der Waals surface area contributed by atoms with E-state index >= 15 is 0 Å². The molecule has 1 aromatic rings. The molecule has 0 saturated heterocycles. The van der Waals surface area contributed by atoms with Crippen LogP contribution in [-0.4, -0.2) is 29.9 Å². The maximum atomic E-state index is 10.5. The van der Waals surface area contributed by atoms with Gasteiger partial charge in [0.2, 0.25) is 0 Å². The van der Waals surface area contributed by atoms with Crippen LogP contribution in [0, 0.1) is 0 Å². The number of hydrogen-bond acceptors (Lipinski definition) is 3. The first-order valence-electron chi connectivity index (χ1n) is 7.04. The smallest absolute Gasteiger partial charge is 0.303 e. The highest BCUT2D eigenvalue weighted by Crippen LogP contribution is 2.34. The van der Waals surface area contributed by atoms with Gasteiger partial charge in [0, 0.05) is 11.3 Å². The highest BCUT2D eigenvalue weighted by molar-refractivity contribution is 7.99.